The van der Waals surface area contributed by atoms with Crippen LogP contribution < -0.4 is 10.3 Å². The molecule has 1 aliphatic rings. The maximum Gasteiger partial charge on any atom is 0.280 e. The number of hydrogen-bond acceptors (Lipinski definition) is 7. The topological polar surface area (TPSA) is 101 Å². The fraction of sp³-hybridized carbons (Fsp3) is 0.316. The highest BCUT2D eigenvalue weighted by Gasteiger charge is 2.35. The molecule has 4 aromatic rings. The van der Waals surface area contributed by atoms with E-state index in [1.165, 1.54) is 10.9 Å². The summed E-state index contributed by atoms with van der Waals surface area (Å²) in [6.07, 6.45) is 4.74. The third-order valence-corrected chi connectivity index (χ3v) is 5.32. The Balaban J connectivity index is 1.24. The maximum atomic E-state index is 12.6. The first-order valence-corrected chi connectivity index (χ1v) is 9.56. The van der Waals surface area contributed by atoms with E-state index in [2.05, 4.69) is 20.1 Å². The van der Waals surface area contributed by atoms with Crippen molar-refractivity contribution in [3.63, 3.8) is 0 Å². The molecule has 0 amide bonds. The van der Waals surface area contributed by atoms with E-state index in [9.17, 15) is 4.79 Å². The average molecular weight is 413 g/mol. The summed E-state index contributed by atoms with van der Waals surface area (Å²) < 4.78 is 14.3. The molecule has 0 unspecified atom stereocenters. The van der Waals surface area contributed by atoms with Crippen LogP contribution in [0.1, 0.15) is 30.5 Å². The first-order chi connectivity index (χ1) is 14.1. The van der Waals surface area contributed by atoms with Gasteiger partial charge in [0.1, 0.15) is 24.7 Å². The number of imidazole rings is 1. The van der Waals surface area contributed by atoms with Crippen LogP contribution in [0.5, 0.6) is 5.75 Å². The van der Waals surface area contributed by atoms with Crippen molar-refractivity contribution in [2.24, 2.45) is 7.05 Å². The van der Waals surface area contributed by atoms with Crippen LogP contribution in [-0.2, 0) is 13.6 Å². The molecule has 0 aliphatic heterocycles. The number of halogens is 1. The zero-order valence-corrected chi connectivity index (χ0v) is 16.3. The van der Waals surface area contributed by atoms with Gasteiger partial charge in [-0.25, -0.2) is 9.97 Å². The molecule has 3 heterocycles. The molecule has 148 valence electrons. The predicted octanol–water partition coefficient (Wildman–Crippen LogP) is 2.54. The second-order valence-corrected chi connectivity index (χ2v) is 7.55. The molecular weight excluding hydrogens is 396 g/mol. The Hall–Kier alpha value is -3.20. The number of rotatable bonds is 5. The van der Waals surface area contributed by atoms with Gasteiger partial charge in [-0.1, -0.05) is 16.8 Å². The lowest BCUT2D eigenvalue weighted by Gasteiger charge is -2.33. The summed E-state index contributed by atoms with van der Waals surface area (Å²) in [7, 11) is 1.76. The minimum atomic E-state index is -0.199. The zero-order chi connectivity index (χ0) is 20.0. The van der Waals surface area contributed by atoms with Crippen molar-refractivity contribution < 1.29 is 9.26 Å². The van der Waals surface area contributed by atoms with Crippen LogP contribution in [0, 0.1) is 0 Å². The molecule has 0 saturated heterocycles. The van der Waals surface area contributed by atoms with Gasteiger partial charge < -0.3 is 13.8 Å². The van der Waals surface area contributed by atoms with Crippen LogP contribution in [0.4, 0.5) is 0 Å². The van der Waals surface area contributed by atoms with Gasteiger partial charge in [-0.2, -0.15) is 4.98 Å². The fourth-order valence-corrected chi connectivity index (χ4v) is 3.53. The molecule has 0 bridgehead atoms. The van der Waals surface area contributed by atoms with Crippen LogP contribution in [0.25, 0.3) is 11.2 Å². The van der Waals surface area contributed by atoms with E-state index in [1.807, 2.05) is 12.1 Å². The molecule has 3 aromatic heterocycles. The Kier molecular flexibility index (Phi) is 4.31. The van der Waals surface area contributed by atoms with Crippen molar-refractivity contribution in [1.82, 2.24) is 29.2 Å². The standard InChI is InChI=1S/C19H17ClN6O3/c1-25-9-21-18-16(25)19(27)26(10-22-18)8-15-23-17(24-29-15)11-6-14(7-11)28-13-4-2-12(20)3-5-13/h2-5,9-11,14H,6-8H2,1H3. The van der Waals surface area contributed by atoms with Gasteiger partial charge in [0.2, 0.25) is 5.89 Å². The summed E-state index contributed by atoms with van der Waals surface area (Å²) >= 11 is 5.89. The molecule has 29 heavy (non-hydrogen) atoms. The molecule has 1 saturated carbocycles. The molecular formula is C19H17ClN6O3. The summed E-state index contributed by atoms with van der Waals surface area (Å²) in [6.45, 7) is 0.164. The number of benzene rings is 1. The van der Waals surface area contributed by atoms with E-state index in [1.54, 1.807) is 30.1 Å². The monoisotopic (exact) mass is 412 g/mol. The highest BCUT2D eigenvalue weighted by atomic mass is 35.5. The number of nitrogens with zero attached hydrogens (tertiary/aromatic N) is 6. The smallest absolute Gasteiger partial charge is 0.280 e. The fourth-order valence-electron chi connectivity index (χ4n) is 3.41. The summed E-state index contributed by atoms with van der Waals surface area (Å²) in [5.74, 6) is 1.98. The van der Waals surface area contributed by atoms with E-state index in [4.69, 9.17) is 20.9 Å². The molecule has 0 spiro atoms. The summed E-state index contributed by atoms with van der Waals surface area (Å²) in [5.41, 5.74) is 0.657. The van der Waals surface area contributed by atoms with Gasteiger partial charge in [-0.3, -0.25) is 9.36 Å². The normalized spacial score (nSPS) is 18.7. The third-order valence-electron chi connectivity index (χ3n) is 5.07. The summed E-state index contributed by atoms with van der Waals surface area (Å²) in [5, 5.41) is 4.76. The molecule has 0 atom stereocenters. The van der Waals surface area contributed by atoms with E-state index < -0.39 is 0 Å². The molecule has 9 nitrogen and oxygen atoms in total. The minimum absolute atomic E-state index is 0.113. The summed E-state index contributed by atoms with van der Waals surface area (Å²) in [4.78, 5) is 25.3. The molecule has 1 fully saturated rings. The SMILES string of the molecule is Cn1cnc2ncn(Cc3nc(C4CC(Oc5ccc(Cl)cc5)C4)no3)c(=O)c21. The lowest BCUT2D eigenvalue weighted by atomic mass is 9.82. The second kappa shape index (κ2) is 7.00. The van der Waals surface area contributed by atoms with Gasteiger partial charge in [0, 0.05) is 18.0 Å². The predicted molar refractivity (Wildman–Crippen MR) is 104 cm³/mol. The lowest BCUT2D eigenvalue weighted by molar-refractivity contribution is 0.0943. The Labute approximate surface area is 169 Å². The van der Waals surface area contributed by atoms with Crippen molar-refractivity contribution in [1.29, 1.82) is 0 Å². The van der Waals surface area contributed by atoms with E-state index in [0.29, 0.717) is 27.9 Å². The molecule has 1 aromatic carbocycles. The first-order valence-electron chi connectivity index (χ1n) is 9.18. The number of fused-ring (bicyclic) bond motifs is 1. The van der Waals surface area contributed by atoms with Crippen molar-refractivity contribution in [2.75, 3.05) is 0 Å². The Morgan fingerprint density at radius 2 is 1.97 bits per heavy atom. The minimum Gasteiger partial charge on any atom is -0.490 e. The van der Waals surface area contributed by atoms with Gasteiger partial charge in [-0.05, 0) is 37.1 Å². The van der Waals surface area contributed by atoms with Gasteiger partial charge in [-0.15, -0.1) is 0 Å². The second-order valence-electron chi connectivity index (χ2n) is 7.11. The largest absolute Gasteiger partial charge is 0.490 e. The van der Waals surface area contributed by atoms with Gasteiger partial charge in [0.15, 0.2) is 17.0 Å². The van der Waals surface area contributed by atoms with Gasteiger partial charge in [0.05, 0.1) is 6.33 Å². The quantitative estimate of drug-likeness (QED) is 0.496. The molecule has 5 rings (SSSR count). The molecule has 10 heteroatoms. The van der Waals surface area contributed by atoms with Crippen molar-refractivity contribution in [3.05, 3.63) is 64.0 Å². The maximum absolute atomic E-state index is 12.6. The number of ether oxygens (including phenoxy) is 1. The number of aryl methyl sites for hydroxylation is 1. The summed E-state index contributed by atoms with van der Waals surface area (Å²) in [6, 6.07) is 7.32. The Bertz CT molecular complexity index is 1220. The van der Waals surface area contributed by atoms with Gasteiger partial charge >= 0.3 is 0 Å². The zero-order valence-electron chi connectivity index (χ0n) is 15.5. The molecule has 1 aliphatic carbocycles. The van der Waals surface area contributed by atoms with E-state index in [-0.39, 0.29) is 24.1 Å². The Morgan fingerprint density at radius 1 is 1.21 bits per heavy atom. The van der Waals surface area contributed by atoms with Crippen molar-refractivity contribution >= 4 is 22.8 Å². The first kappa shape index (κ1) is 17.9. The van der Waals surface area contributed by atoms with Crippen molar-refractivity contribution in [2.45, 2.75) is 31.4 Å². The molecule has 0 radical (unpaired) electrons. The highest BCUT2D eigenvalue weighted by Crippen LogP contribution is 2.38. The van der Waals surface area contributed by atoms with Crippen molar-refractivity contribution in [3.8, 4) is 5.75 Å². The molecule has 0 N–H and O–H groups in total. The van der Waals surface area contributed by atoms with Crippen LogP contribution in [0.2, 0.25) is 5.02 Å². The van der Waals surface area contributed by atoms with Crippen LogP contribution in [0.15, 0.2) is 46.2 Å². The lowest BCUT2D eigenvalue weighted by Crippen LogP contribution is -2.32. The average Bonchev–Trinajstić information content (AvgIpc) is 3.29. The van der Waals surface area contributed by atoms with E-state index in [0.717, 1.165) is 18.6 Å². The van der Waals surface area contributed by atoms with Crippen LogP contribution >= 0.6 is 11.6 Å². The van der Waals surface area contributed by atoms with E-state index >= 15 is 0 Å². The highest BCUT2D eigenvalue weighted by molar-refractivity contribution is 6.30. The Morgan fingerprint density at radius 3 is 2.76 bits per heavy atom. The van der Waals surface area contributed by atoms with Crippen LogP contribution in [0.3, 0.4) is 0 Å². The third kappa shape index (κ3) is 3.38. The van der Waals surface area contributed by atoms with Gasteiger partial charge in [0.25, 0.3) is 5.56 Å². The number of hydrogen-bond donors (Lipinski definition) is 0. The number of aromatic nitrogens is 6. The van der Waals surface area contributed by atoms with Crippen LogP contribution in [-0.4, -0.2) is 35.3 Å².